The van der Waals surface area contributed by atoms with E-state index in [4.69, 9.17) is 0 Å². The first-order chi connectivity index (χ1) is 5.68. The van der Waals surface area contributed by atoms with Crippen molar-refractivity contribution in [3.63, 3.8) is 0 Å². The normalized spacial score (nSPS) is 9.54. The minimum Gasteiger partial charge on any atom is -0.385 e. The molecule has 0 aromatic heterocycles. The molecular weight excluding hydrogens is 182 g/mol. The number of aryl methyl sites for hydroxylation is 1. The van der Waals surface area contributed by atoms with Crippen LogP contribution in [0, 0.1) is 12.8 Å². The van der Waals surface area contributed by atoms with Crippen LogP contribution in [0.5, 0.6) is 0 Å². The molecule has 0 amide bonds. The van der Waals surface area contributed by atoms with Crippen LogP contribution in [0.3, 0.4) is 0 Å². The highest BCUT2D eigenvalue weighted by atomic mass is 35.5. The van der Waals surface area contributed by atoms with Gasteiger partial charge in [-0.2, -0.15) is 0 Å². The highest BCUT2D eigenvalue weighted by molar-refractivity contribution is 5.85. The average Bonchev–Trinajstić information content (AvgIpc) is 2.03. The van der Waals surface area contributed by atoms with Gasteiger partial charge in [-0.15, -0.1) is 12.4 Å². The molecule has 0 saturated carbocycles. The molecule has 0 fully saturated rings. The van der Waals surface area contributed by atoms with Gasteiger partial charge in [0.1, 0.15) is 0 Å². The Balaban J connectivity index is 0.00000144. The lowest BCUT2D eigenvalue weighted by atomic mass is 10.2. The molecule has 0 atom stereocenters. The summed E-state index contributed by atoms with van der Waals surface area (Å²) in [4.78, 5) is 0. The maximum Gasteiger partial charge on any atom is 0.0340 e. The molecule has 0 aliphatic rings. The van der Waals surface area contributed by atoms with Gasteiger partial charge in [-0.05, 0) is 25.0 Å². The molecule has 1 aromatic carbocycles. The fourth-order valence-electron chi connectivity index (χ4n) is 0.993. The first-order valence-corrected chi connectivity index (χ1v) is 4.49. The third kappa shape index (κ3) is 4.79. The maximum absolute atomic E-state index is 3.37. The Morgan fingerprint density at radius 3 is 2.15 bits per heavy atom. The molecule has 0 bridgehead atoms. The zero-order valence-electron chi connectivity index (χ0n) is 8.50. The van der Waals surface area contributed by atoms with Gasteiger partial charge in [0.2, 0.25) is 0 Å². The minimum absolute atomic E-state index is 0. The zero-order valence-corrected chi connectivity index (χ0v) is 9.32. The van der Waals surface area contributed by atoms with Crippen LogP contribution in [-0.2, 0) is 0 Å². The molecule has 1 rings (SSSR count). The van der Waals surface area contributed by atoms with Crippen molar-refractivity contribution in [1.82, 2.24) is 0 Å². The van der Waals surface area contributed by atoms with Gasteiger partial charge < -0.3 is 5.32 Å². The first-order valence-electron chi connectivity index (χ1n) is 4.49. The number of rotatable bonds is 3. The lowest BCUT2D eigenvalue weighted by molar-refractivity contribution is 0.689. The van der Waals surface area contributed by atoms with E-state index in [1.54, 1.807) is 0 Å². The summed E-state index contributed by atoms with van der Waals surface area (Å²) in [5.41, 5.74) is 2.53. The van der Waals surface area contributed by atoms with E-state index in [1.807, 2.05) is 0 Å². The predicted molar refractivity (Wildman–Crippen MR) is 61.8 cm³/mol. The number of hydrogen-bond donors (Lipinski definition) is 1. The molecule has 0 aliphatic heterocycles. The molecule has 74 valence electrons. The largest absolute Gasteiger partial charge is 0.385 e. The summed E-state index contributed by atoms with van der Waals surface area (Å²) in [6, 6.07) is 8.50. The molecule has 0 heterocycles. The molecule has 1 aromatic rings. The van der Waals surface area contributed by atoms with Gasteiger partial charge >= 0.3 is 0 Å². The third-order valence-corrected chi connectivity index (χ3v) is 1.77. The van der Waals surface area contributed by atoms with E-state index in [-0.39, 0.29) is 12.4 Å². The van der Waals surface area contributed by atoms with Crippen LogP contribution in [-0.4, -0.2) is 6.54 Å². The molecule has 1 N–H and O–H groups in total. The molecule has 0 aliphatic carbocycles. The van der Waals surface area contributed by atoms with Gasteiger partial charge in [0.05, 0.1) is 0 Å². The second-order valence-electron chi connectivity index (χ2n) is 3.64. The Bertz CT molecular complexity index is 228. The quantitative estimate of drug-likeness (QED) is 0.786. The van der Waals surface area contributed by atoms with Crippen molar-refractivity contribution in [3.05, 3.63) is 29.8 Å². The van der Waals surface area contributed by atoms with Crippen molar-refractivity contribution in [2.24, 2.45) is 5.92 Å². The topological polar surface area (TPSA) is 12.0 Å². The zero-order chi connectivity index (χ0) is 8.97. The van der Waals surface area contributed by atoms with E-state index in [0.29, 0.717) is 5.92 Å². The van der Waals surface area contributed by atoms with Crippen LogP contribution < -0.4 is 5.32 Å². The van der Waals surface area contributed by atoms with Crippen LogP contribution in [0.4, 0.5) is 5.69 Å². The van der Waals surface area contributed by atoms with Crippen molar-refractivity contribution >= 4 is 18.1 Å². The number of nitrogens with one attached hydrogen (secondary N) is 1. The molecule has 1 nitrogen and oxygen atoms in total. The molecule has 0 spiro atoms. The van der Waals surface area contributed by atoms with Gasteiger partial charge in [-0.25, -0.2) is 0 Å². The van der Waals surface area contributed by atoms with Crippen molar-refractivity contribution < 1.29 is 0 Å². The van der Waals surface area contributed by atoms with E-state index < -0.39 is 0 Å². The standard InChI is InChI=1S/C11H17N.ClH/c1-9(2)8-12-11-6-4-10(3)5-7-11;/h4-7,9,12H,8H2,1-3H3;1H. The van der Waals surface area contributed by atoms with E-state index in [0.717, 1.165) is 6.54 Å². The van der Waals surface area contributed by atoms with Gasteiger partial charge in [0, 0.05) is 12.2 Å². The maximum atomic E-state index is 3.37. The summed E-state index contributed by atoms with van der Waals surface area (Å²) >= 11 is 0. The van der Waals surface area contributed by atoms with Crippen molar-refractivity contribution in [2.45, 2.75) is 20.8 Å². The SMILES string of the molecule is Cc1ccc(NCC(C)C)cc1.Cl. The van der Waals surface area contributed by atoms with E-state index in [9.17, 15) is 0 Å². The van der Waals surface area contributed by atoms with Crippen LogP contribution in [0.2, 0.25) is 0 Å². The Hall–Kier alpha value is -0.690. The van der Waals surface area contributed by atoms with Crippen LogP contribution >= 0.6 is 12.4 Å². The van der Waals surface area contributed by atoms with Crippen LogP contribution in [0.25, 0.3) is 0 Å². The number of benzene rings is 1. The fourth-order valence-corrected chi connectivity index (χ4v) is 0.993. The minimum atomic E-state index is 0. The predicted octanol–water partition coefficient (Wildman–Crippen LogP) is 3.48. The Kier molecular flexibility index (Phi) is 5.56. The lowest BCUT2D eigenvalue weighted by Gasteiger charge is -2.08. The van der Waals surface area contributed by atoms with E-state index in [1.165, 1.54) is 11.3 Å². The summed E-state index contributed by atoms with van der Waals surface area (Å²) in [5.74, 6) is 0.700. The van der Waals surface area contributed by atoms with Gasteiger partial charge in [0.25, 0.3) is 0 Å². The molecule has 0 radical (unpaired) electrons. The Morgan fingerprint density at radius 1 is 1.15 bits per heavy atom. The summed E-state index contributed by atoms with van der Waals surface area (Å²) in [5, 5.41) is 3.37. The molecule has 2 heteroatoms. The highest BCUT2D eigenvalue weighted by Crippen LogP contribution is 2.08. The summed E-state index contributed by atoms with van der Waals surface area (Å²) in [6.07, 6.45) is 0. The highest BCUT2D eigenvalue weighted by Gasteiger charge is 1.93. The van der Waals surface area contributed by atoms with Crippen LogP contribution in [0.1, 0.15) is 19.4 Å². The van der Waals surface area contributed by atoms with E-state index in [2.05, 4.69) is 50.4 Å². The van der Waals surface area contributed by atoms with Crippen LogP contribution in [0.15, 0.2) is 24.3 Å². The second-order valence-corrected chi connectivity index (χ2v) is 3.64. The lowest BCUT2D eigenvalue weighted by Crippen LogP contribution is -2.07. The molecule has 0 saturated heterocycles. The Morgan fingerprint density at radius 2 is 1.69 bits per heavy atom. The summed E-state index contributed by atoms with van der Waals surface area (Å²) in [7, 11) is 0. The van der Waals surface area contributed by atoms with Crippen molar-refractivity contribution in [3.8, 4) is 0 Å². The average molecular weight is 200 g/mol. The van der Waals surface area contributed by atoms with Crippen molar-refractivity contribution in [1.29, 1.82) is 0 Å². The van der Waals surface area contributed by atoms with Crippen molar-refractivity contribution in [2.75, 3.05) is 11.9 Å². The second kappa shape index (κ2) is 5.87. The third-order valence-electron chi connectivity index (χ3n) is 1.77. The van der Waals surface area contributed by atoms with Gasteiger partial charge in [-0.3, -0.25) is 0 Å². The smallest absolute Gasteiger partial charge is 0.0340 e. The Labute approximate surface area is 87.0 Å². The molecular formula is C11H18ClN. The number of hydrogen-bond acceptors (Lipinski definition) is 1. The molecule has 0 unspecified atom stereocenters. The first kappa shape index (κ1) is 12.3. The number of halogens is 1. The summed E-state index contributed by atoms with van der Waals surface area (Å²) in [6.45, 7) is 7.57. The fraction of sp³-hybridized carbons (Fsp3) is 0.455. The number of anilines is 1. The summed E-state index contributed by atoms with van der Waals surface area (Å²) < 4.78 is 0. The monoisotopic (exact) mass is 199 g/mol. The van der Waals surface area contributed by atoms with Gasteiger partial charge in [0.15, 0.2) is 0 Å². The molecule has 13 heavy (non-hydrogen) atoms. The van der Waals surface area contributed by atoms with Gasteiger partial charge in [-0.1, -0.05) is 31.5 Å². The van der Waals surface area contributed by atoms with E-state index >= 15 is 0 Å².